The summed E-state index contributed by atoms with van der Waals surface area (Å²) in [6, 6.07) is 54.8. The Balaban J connectivity index is 1.16. The van der Waals surface area contributed by atoms with E-state index in [1.54, 1.807) is 0 Å². The van der Waals surface area contributed by atoms with Gasteiger partial charge in [0.1, 0.15) is 17.3 Å². The number of benzene rings is 6. The third-order valence-electron chi connectivity index (χ3n) is 13.0. The Hall–Kier alpha value is -6.59. The van der Waals surface area contributed by atoms with Gasteiger partial charge in [-0.3, -0.25) is 4.57 Å². The van der Waals surface area contributed by atoms with Crippen molar-refractivity contribution in [3.63, 3.8) is 0 Å². The number of anilines is 2. The molecule has 0 amide bonds. The average molecular weight is 843 g/mol. The van der Waals surface area contributed by atoms with Gasteiger partial charge in [0.15, 0.2) is 0 Å². The van der Waals surface area contributed by atoms with E-state index in [0.717, 1.165) is 45.2 Å². The van der Waals surface area contributed by atoms with Gasteiger partial charge < -0.3 is 14.5 Å². The molecule has 5 nitrogen and oxygen atoms in total. The zero-order valence-corrected chi connectivity index (χ0v) is 39.5. The van der Waals surface area contributed by atoms with Crippen LogP contribution in [0.2, 0.25) is 0 Å². The highest BCUT2D eigenvalue weighted by molar-refractivity contribution is 6.11. The van der Waals surface area contributed by atoms with Gasteiger partial charge in [0, 0.05) is 63.2 Å². The molecule has 0 aliphatic carbocycles. The molecule has 0 atom stereocenters. The minimum atomic E-state index is -0.176. The molecule has 1 aliphatic heterocycles. The largest absolute Gasteiger partial charge is 0.457 e. The summed E-state index contributed by atoms with van der Waals surface area (Å²) in [6.45, 7) is 25.9. The predicted molar refractivity (Wildman–Crippen MR) is 270 cm³/mol. The maximum Gasteiger partial charge on any atom is 0.137 e. The molecular weight excluding hydrogens is 781 g/mol. The van der Waals surface area contributed by atoms with Gasteiger partial charge in [-0.15, -0.1) is 0 Å². The highest BCUT2D eigenvalue weighted by Gasteiger charge is 2.33. The molecule has 0 saturated heterocycles. The summed E-state index contributed by atoms with van der Waals surface area (Å²) >= 11 is 0. The summed E-state index contributed by atoms with van der Waals surface area (Å²) in [5.41, 5.74) is 12.5. The second-order valence-electron chi connectivity index (χ2n) is 21.1. The van der Waals surface area contributed by atoms with Gasteiger partial charge in [-0.1, -0.05) is 167 Å². The van der Waals surface area contributed by atoms with Gasteiger partial charge in [-0.25, -0.2) is 4.98 Å². The van der Waals surface area contributed by atoms with E-state index in [9.17, 15) is 0 Å². The monoisotopic (exact) mass is 842 g/mol. The molecule has 8 aromatic rings. The number of rotatable bonds is 8. The number of ether oxygens (including phenoxy) is 1. The van der Waals surface area contributed by atoms with Crippen LogP contribution in [0.15, 0.2) is 170 Å². The van der Waals surface area contributed by atoms with E-state index >= 15 is 0 Å². The van der Waals surface area contributed by atoms with Crippen LogP contribution >= 0.6 is 0 Å². The van der Waals surface area contributed by atoms with Crippen molar-refractivity contribution in [2.45, 2.75) is 92.4 Å². The molecule has 0 bridgehead atoms. The molecule has 324 valence electrons. The predicted octanol–water partition coefficient (Wildman–Crippen LogP) is 15.7. The fourth-order valence-electron chi connectivity index (χ4n) is 9.26. The average Bonchev–Trinajstić information content (AvgIpc) is 3.87. The molecule has 0 radical (unpaired) electrons. The van der Waals surface area contributed by atoms with E-state index in [1.165, 1.54) is 44.4 Å². The molecule has 64 heavy (non-hydrogen) atoms. The molecule has 0 fully saturated rings. The number of pyridine rings is 1. The molecule has 9 rings (SSSR count). The van der Waals surface area contributed by atoms with Gasteiger partial charge in [0.2, 0.25) is 0 Å². The first-order valence-electron chi connectivity index (χ1n) is 22.7. The first-order valence-corrected chi connectivity index (χ1v) is 22.7. The molecule has 1 aliphatic rings. The van der Waals surface area contributed by atoms with Crippen molar-refractivity contribution in [1.29, 1.82) is 0 Å². The normalized spacial score (nSPS) is 13.8. The third kappa shape index (κ3) is 8.09. The molecule has 5 heteroatoms. The maximum atomic E-state index is 7.16. The van der Waals surface area contributed by atoms with E-state index in [-0.39, 0.29) is 21.7 Å². The lowest BCUT2D eigenvalue weighted by molar-refractivity contribution is 0.480. The Morgan fingerprint density at radius 2 is 1.17 bits per heavy atom. The molecule has 0 N–H and O–H groups in total. The Labute approximate surface area is 380 Å². The van der Waals surface area contributed by atoms with E-state index in [4.69, 9.17) is 9.72 Å². The van der Waals surface area contributed by atoms with Crippen LogP contribution in [0, 0.1) is 5.41 Å². The van der Waals surface area contributed by atoms with Crippen LogP contribution in [0.25, 0.3) is 38.8 Å². The lowest BCUT2D eigenvalue weighted by Gasteiger charge is -2.32. The van der Waals surface area contributed by atoms with Crippen LogP contribution in [0.1, 0.15) is 98.4 Å². The van der Waals surface area contributed by atoms with Crippen molar-refractivity contribution in [2.75, 3.05) is 16.5 Å². The number of aromatic nitrogens is 2. The van der Waals surface area contributed by atoms with Gasteiger partial charge in [-0.2, -0.15) is 0 Å². The van der Waals surface area contributed by atoms with Crippen LogP contribution in [0.4, 0.5) is 11.4 Å². The van der Waals surface area contributed by atoms with Gasteiger partial charge in [-0.05, 0) is 92.7 Å². The van der Waals surface area contributed by atoms with Gasteiger partial charge >= 0.3 is 0 Å². The Bertz CT molecular complexity index is 3030. The summed E-state index contributed by atoms with van der Waals surface area (Å²) in [7, 11) is 0. The second-order valence-corrected chi connectivity index (χ2v) is 21.1. The quantitative estimate of drug-likeness (QED) is 0.153. The number of para-hydroxylation sites is 1. The smallest absolute Gasteiger partial charge is 0.137 e. The van der Waals surface area contributed by atoms with Crippen molar-refractivity contribution < 1.29 is 4.74 Å². The zero-order valence-electron chi connectivity index (χ0n) is 39.5. The summed E-state index contributed by atoms with van der Waals surface area (Å²) < 4.78 is 9.48. The van der Waals surface area contributed by atoms with Crippen LogP contribution in [-0.2, 0) is 16.2 Å². The lowest BCUT2D eigenvalue weighted by atomic mass is 9.78. The molecule has 0 saturated carbocycles. The highest BCUT2D eigenvalue weighted by Crippen LogP contribution is 2.45. The first kappa shape index (κ1) is 42.7. The lowest BCUT2D eigenvalue weighted by Crippen LogP contribution is -2.31. The van der Waals surface area contributed by atoms with E-state index in [0.29, 0.717) is 6.67 Å². The summed E-state index contributed by atoms with van der Waals surface area (Å²) in [4.78, 5) is 9.85. The highest BCUT2D eigenvalue weighted by atomic mass is 16.5. The molecule has 0 unspecified atom stereocenters. The number of nitrogens with zero attached hydrogens (tertiary/aromatic N) is 4. The van der Waals surface area contributed by atoms with Crippen molar-refractivity contribution >= 4 is 33.2 Å². The minimum Gasteiger partial charge on any atom is -0.457 e. The second kappa shape index (κ2) is 15.9. The van der Waals surface area contributed by atoms with E-state index in [2.05, 4.69) is 248 Å². The number of allylic oxidation sites excluding steroid dienone is 1. The maximum absolute atomic E-state index is 7.16. The molecule has 0 spiro atoms. The standard InChI is InChI=1S/C59H62N4O/c1-56(2,3)43-29-30-60-54(34-43)63-51-28-19-18-27-49(51)55-50(57(4,5)6)36-48(37-52(55)63)64-47-32-41(40-21-14-12-15-22-40)31-46(35-47)61-38-53(58(7,8)9)62(39-61)45-26-20-25-44(33-45)59(10,11)42-23-16-13-17-24-42/h12-38H,39H2,1-11H3. The van der Waals surface area contributed by atoms with Crippen LogP contribution in [-0.4, -0.2) is 16.2 Å². The van der Waals surface area contributed by atoms with E-state index in [1.807, 2.05) is 6.20 Å². The molecule has 3 heterocycles. The van der Waals surface area contributed by atoms with E-state index < -0.39 is 0 Å². The minimum absolute atomic E-state index is 0.0265. The van der Waals surface area contributed by atoms with Crippen LogP contribution in [0.3, 0.4) is 0 Å². The Morgan fingerprint density at radius 3 is 1.88 bits per heavy atom. The number of hydrogen-bond acceptors (Lipinski definition) is 4. The van der Waals surface area contributed by atoms with Crippen LogP contribution in [0.5, 0.6) is 11.5 Å². The third-order valence-corrected chi connectivity index (χ3v) is 13.0. The number of fused-ring (bicyclic) bond motifs is 3. The van der Waals surface area contributed by atoms with Gasteiger partial charge in [0.05, 0.1) is 17.7 Å². The topological polar surface area (TPSA) is 33.5 Å². The summed E-state index contributed by atoms with van der Waals surface area (Å²) in [5.74, 6) is 2.47. The van der Waals surface area contributed by atoms with Crippen molar-refractivity contribution in [2.24, 2.45) is 5.41 Å². The SMILES string of the molecule is CC(C)(C)C1=CN(c2cc(Oc3cc(C(C)(C)C)c4c5ccccc5n(-c5cc(C(C)(C)C)ccn5)c4c3)cc(-c3ccccc3)c2)CN1c1cccc(C(C)(C)c2ccccc2)c1. The van der Waals surface area contributed by atoms with Crippen molar-refractivity contribution in [3.8, 4) is 28.4 Å². The Morgan fingerprint density at radius 1 is 0.500 bits per heavy atom. The fourth-order valence-corrected chi connectivity index (χ4v) is 9.26. The molecular formula is C59H62N4O. The fraction of sp³-hybridized carbons (Fsp3) is 0.271. The Kier molecular flexibility index (Phi) is 10.6. The number of hydrogen-bond donors (Lipinski definition) is 0. The van der Waals surface area contributed by atoms with Crippen LogP contribution < -0.4 is 14.5 Å². The van der Waals surface area contributed by atoms with Crippen molar-refractivity contribution in [3.05, 3.63) is 192 Å². The first-order chi connectivity index (χ1) is 30.4. The summed E-state index contributed by atoms with van der Waals surface area (Å²) in [5, 5.41) is 2.44. The molecule has 6 aromatic carbocycles. The summed E-state index contributed by atoms with van der Waals surface area (Å²) in [6.07, 6.45) is 4.28. The molecule has 2 aromatic heterocycles. The van der Waals surface area contributed by atoms with Gasteiger partial charge in [0.25, 0.3) is 0 Å². The zero-order chi connectivity index (χ0) is 45.2. The van der Waals surface area contributed by atoms with Crippen molar-refractivity contribution in [1.82, 2.24) is 9.55 Å².